The summed E-state index contributed by atoms with van der Waals surface area (Å²) in [5.74, 6) is -3.26. The maximum Gasteiger partial charge on any atom is 0.215 e. The van der Waals surface area contributed by atoms with E-state index in [1.54, 1.807) is 12.1 Å². The lowest BCUT2D eigenvalue weighted by Gasteiger charge is -2.14. The van der Waals surface area contributed by atoms with Crippen LogP contribution in [0.4, 0.5) is 0 Å². The van der Waals surface area contributed by atoms with Gasteiger partial charge in [0.25, 0.3) is 0 Å². The van der Waals surface area contributed by atoms with Crippen LogP contribution in [0.3, 0.4) is 0 Å². The molecule has 4 aromatic heterocycles. The van der Waals surface area contributed by atoms with Crippen LogP contribution in [-0.4, -0.2) is 0 Å². The summed E-state index contributed by atoms with van der Waals surface area (Å²) in [6.45, 7) is 15.7. The molecule has 0 aliphatic carbocycles. The van der Waals surface area contributed by atoms with Crippen molar-refractivity contribution in [2.24, 2.45) is 28.2 Å². The van der Waals surface area contributed by atoms with E-state index in [0.717, 1.165) is 90.1 Å². The molecule has 4 nitrogen and oxygen atoms in total. The Morgan fingerprint density at radius 3 is 1.23 bits per heavy atom. The molecule has 4 aromatic carbocycles. The zero-order chi connectivity index (χ0) is 64.4. The Morgan fingerprint density at radius 2 is 0.761 bits per heavy atom. The predicted molar refractivity (Wildman–Crippen MR) is 302 cm³/mol. The highest BCUT2D eigenvalue weighted by molar-refractivity contribution is 5.67. The Labute approximate surface area is 450 Å². The molecule has 0 radical (unpaired) electrons. The highest BCUT2D eigenvalue weighted by Gasteiger charge is 2.24. The largest absolute Gasteiger partial charge is 0.215 e. The van der Waals surface area contributed by atoms with Crippen LogP contribution in [-0.2, 0) is 28.2 Å². The Bertz CT molecular complexity index is 3700. The number of rotatable bonds is 6. The SMILES string of the molecule is [2H]C([2H])([2H])C([2H])(C)c1cc(C)c(-c2ccccc2C)[n+](C)c1C.[2H]C([2H])([2H])C([2H])(C)c1ccc(-c2ccccc2C)[n+](C)c1C.[2H]C([2H])([2H])c1c(C)c(C)c(-c2ccccc2C)[n+](C)c1C.[2H]C([2H])([2H])c1ccc(-c2ccccc2C)[n+](C)c1C. The molecular weight excluding hydrogens is 861 g/mol. The quantitative estimate of drug-likeness (QED) is 0.148. The fourth-order valence-electron chi connectivity index (χ4n) is 9.23. The third-order valence-corrected chi connectivity index (χ3v) is 14.2. The van der Waals surface area contributed by atoms with Crippen LogP contribution in [0, 0.1) is 89.9 Å². The van der Waals surface area contributed by atoms with Crippen molar-refractivity contribution in [3.8, 4) is 45.0 Å². The predicted octanol–water partition coefficient (Wildman–Crippen LogP) is 15.0. The van der Waals surface area contributed by atoms with E-state index in [0.29, 0.717) is 22.3 Å². The van der Waals surface area contributed by atoms with E-state index in [-0.39, 0.29) is 0 Å². The Morgan fingerprint density at radius 1 is 0.352 bits per heavy atom. The van der Waals surface area contributed by atoms with Crippen LogP contribution in [0.15, 0.2) is 127 Å². The van der Waals surface area contributed by atoms with Gasteiger partial charge in [-0.3, -0.25) is 0 Å². The van der Waals surface area contributed by atoms with Gasteiger partial charge in [0.05, 0.1) is 0 Å². The fraction of sp³-hybridized carbons (Fsp3) is 0.343. The normalized spacial score (nSPS) is 16.1. The van der Waals surface area contributed by atoms with Crippen molar-refractivity contribution in [1.29, 1.82) is 0 Å². The highest BCUT2D eigenvalue weighted by Crippen LogP contribution is 2.30. The third kappa shape index (κ3) is 12.3. The molecular formula is C67H86N4+4. The molecule has 71 heavy (non-hydrogen) atoms. The van der Waals surface area contributed by atoms with Gasteiger partial charge >= 0.3 is 0 Å². The first-order chi connectivity index (χ1) is 39.0. The second-order valence-corrected chi connectivity index (χ2v) is 18.9. The molecule has 0 fully saturated rings. The van der Waals surface area contributed by atoms with E-state index in [4.69, 9.17) is 19.2 Å². The summed E-state index contributed by atoms with van der Waals surface area (Å²) >= 11 is 0. The lowest BCUT2D eigenvalue weighted by atomic mass is 9.95. The standard InChI is InChI=1S/C18H24N.2C17H22N.C15H18N/c1-12(2)17-11-14(4)18(19(6)15(17)5)16-10-8-7-9-13(16)3;1-11-9-7-8-10-16(11)17-14(4)12(2)13(3)15(5)18(17)6;1-12(2)15-10-11-17(18(5)14(15)4)16-9-7-6-8-13(16)3;1-11-9-10-15(16(4)13(11)3)14-8-6-5-7-12(14)2/h7-12H,1-6H3;7-10H,1-6H3;6-12H,1-5H3;5-10H,1-4H3/q4*+1/i1D3,12D;3D3;1D3,12D;1D3. The molecule has 0 amide bonds. The molecule has 0 aliphatic rings. The van der Waals surface area contributed by atoms with Gasteiger partial charge in [0.1, 0.15) is 28.2 Å². The molecule has 0 bridgehead atoms. The van der Waals surface area contributed by atoms with E-state index in [1.807, 2.05) is 168 Å². The lowest BCUT2D eigenvalue weighted by Crippen LogP contribution is -2.37. The van der Waals surface area contributed by atoms with E-state index >= 15 is 0 Å². The molecule has 0 saturated heterocycles. The van der Waals surface area contributed by atoms with Crippen molar-refractivity contribution in [2.75, 3.05) is 0 Å². The van der Waals surface area contributed by atoms with Gasteiger partial charge in [0.2, 0.25) is 22.8 Å². The smallest absolute Gasteiger partial charge is 0.198 e. The summed E-state index contributed by atoms with van der Waals surface area (Å²) < 4.78 is 117. The van der Waals surface area contributed by atoms with Crippen molar-refractivity contribution in [1.82, 2.24) is 0 Å². The Balaban J connectivity index is 0.000000208. The third-order valence-electron chi connectivity index (χ3n) is 14.2. The average Bonchev–Trinajstić information content (AvgIpc) is 2.54. The second-order valence-electron chi connectivity index (χ2n) is 18.9. The molecule has 4 heteroatoms. The first-order valence-corrected chi connectivity index (χ1v) is 24.3. The number of pyridine rings is 4. The molecule has 2 atom stereocenters. The molecule has 0 N–H and O–H groups in total. The second kappa shape index (κ2) is 24.1. The summed E-state index contributed by atoms with van der Waals surface area (Å²) in [5.41, 5.74) is 21.5. The van der Waals surface area contributed by atoms with Crippen LogP contribution in [0.1, 0.15) is 143 Å². The van der Waals surface area contributed by atoms with Gasteiger partial charge < -0.3 is 0 Å². The minimum Gasteiger partial charge on any atom is -0.198 e. The van der Waals surface area contributed by atoms with Gasteiger partial charge in [-0.1, -0.05) is 100 Å². The molecule has 0 saturated carbocycles. The van der Waals surface area contributed by atoms with E-state index < -0.39 is 39.2 Å². The Kier molecular flexibility index (Phi) is 12.9. The van der Waals surface area contributed by atoms with Crippen molar-refractivity contribution < 1.29 is 37.5 Å². The van der Waals surface area contributed by atoms with Gasteiger partial charge in [-0.25, -0.2) is 0 Å². The number of hydrogen-bond acceptors (Lipinski definition) is 0. The monoisotopic (exact) mass is 961 g/mol. The topological polar surface area (TPSA) is 15.5 Å². The van der Waals surface area contributed by atoms with E-state index in [2.05, 4.69) is 70.2 Å². The number of aryl methyl sites for hydroxylation is 6. The summed E-state index contributed by atoms with van der Waals surface area (Å²) in [5, 5.41) is 0. The van der Waals surface area contributed by atoms with Crippen molar-refractivity contribution in [3.05, 3.63) is 211 Å². The molecule has 8 rings (SSSR count). The zero-order valence-electron chi connectivity index (χ0n) is 59.4. The first kappa shape index (κ1) is 38.2. The van der Waals surface area contributed by atoms with Crippen LogP contribution in [0.2, 0.25) is 0 Å². The molecule has 370 valence electrons. The molecule has 4 heterocycles. The lowest BCUT2D eigenvalue weighted by molar-refractivity contribution is -0.667. The average molecular weight is 962 g/mol. The number of benzene rings is 4. The van der Waals surface area contributed by atoms with Crippen LogP contribution in [0.5, 0.6) is 0 Å². The van der Waals surface area contributed by atoms with E-state index in [1.165, 1.54) is 30.5 Å². The number of nitrogens with zero attached hydrogens (tertiary/aromatic N) is 4. The van der Waals surface area contributed by atoms with Crippen LogP contribution < -0.4 is 18.3 Å². The fourth-order valence-corrected chi connectivity index (χ4v) is 9.23. The van der Waals surface area contributed by atoms with Gasteiger partial charge in [-0.2, -0.15) is 18.3 Å². The van der Waals surface area contributed by atoms with Crippen LogP contribution >= 0.6 is 0 Å². The van der Waals surface area contributed by atoms with Gasteiger partial charge in [-0.15, -0.1) is 0 Å². The highest BCUT2D eigenvalue weighted by atomic mass is 15.0. The summed E-state index contributed by atoms with van der Waals surface area (Å²) in [6, 6.07) is 41.7. The van der Waals surface area contributed by atoms with Crippen LogP contribution in [0.25, 0.3) is 45.0 Å². The van der Waals surface area contributed by atoms with E-state index in [9.17, 15) is 0 Å². The number of aromatic nitrogens is 4. The Hall–Kier alpha value is -6.52. The maximum absolute atomic E-state index is 8.39. The van der Waals surface area contributed by atoms with Gasteiger partial charge in [-0.05, 0) is 144 Å². The minimum atomic E-state index is -2.37. The molecule has 8 aromatic rings. The van der Waals surface area contributed by atoms with Crippen molar-refractivity contribution in [2.45, 2.75) is 129 Å². The maximum atomic E-state index is 8.39. The van der Waals surface area contributed by atoms with Gasteiger partial charge in [0, 0.05) is 115 Å². The molecule has 0 aliphatic heterocycles. The minimum absolute atomic E-state index is 0.410. The summed E-state index contributed by atoms with van der Waals surface area (Å²) in [6.07, 6.45) is 0. The van der Waals surface area contributed by atoms with Crippen molar-refractivity contribution >= 4 is 0 Å². The molecule has 0 spiro atoms. The van der Waals surface area contributed by atoms with Crippen molar-refractivity contribution in [3.63, 3.8) is 0 Å². The first-order valence-electron chi connectivity index (χ1n) is 31.3. The number of hydrogen-bond donors (Lipinski definition) is 0. The summed E-state index contributed by atoms with van der Waals surface area (Å²) in [4.78, 5) is 0. The molecule has 2 unspecified atom stereocenters. The summed E-state index contributed by atoms with van der Waals surface area (Å²) in [7, 11) is 7.70. The zero-order valence-corrected chi connectivity index (χ0v) is 45.4. The van der Waals surface area contributed by atoms with Gasteiger partial charge in [0.15, 0.2) is 22.8 Å².